The number of carbonyl (C=O) groups is 1. The number of carbonyl (C=O) groups excluding carboxylic acids is 1. The van der Waals surface area contributed by atoms with E-state index in [1.807, 2.05) is 13.8 Å². The van der Waals surface area contributed by atoms with Crippen molar-refractivity contribution < 1.29 is 22.7 Å². The Labute approximate surface area is 210 Å². The molecule has 180 valence electrons. The molecular formula is C25H21Cl3F3NO2. The van der Waals surface area contributed by atoms with Crippen LogP contribution in [0.3, 0.4) is 0 Å². The van der Waals surface area contributed by atoms with Gasteiger partial charge in [-0.05, 0) is 53.9 Å². The van der Waals surface area contributed by atoms with Crippen molar-refractivity contribution in [2.24, 2.45) is 5.92 Å². The number of hydrogen-bond acceptors (Lipinski definition) is 2. The molecule has 0 fully saturated rings. The summed E-state index contributed by atoms with van der Waals surface area (Å²) in [6, 6.07) is 14.3. The average molecular weight is 531 g/mol. The highest BCUT2D eigenvalue weighted by molar-refractivity contribution is 6.35. The maximum Gasteiger partial charge on any atom is 0.419 e. The molecule has 0 aromatic heterocycles. The number of ether oxygens (including phenoxy) is 1. The third-order valence-electron chi connectivity index (χ3n) is 4.88. The summed E-state index contributed by atoms with van der Waals surface area (Å²) in [7, 11) is 0. The van der Waals surface area contributed by atoms with Crippen LogP contribution in [-0.2, 0) is 6.18 Å². The summed E-state index contributed by atoms with van der Waals surface area (Å²) in [4.78, 5) is 12.4. The van der Waals surface area contributed by atoms with Crippen molar-refractivity contribution in [1.82, 2.24) is 5.32 Å². The molecule has 0 spiro atoms. The van der Waals surface area contributed by atoms with Crippen molar-refractivity contribution in [2.45, 2.75) is 26.1 Å². The normalized spacial score (nSPS) is 12.5. The highest BCUT2D eigenvalue weighted by Gasteiger charge is 2.36. The maximum atomic E-state index is 14.0. The molecule has 0 radical (unpaired) electrons. The first-order valence-corrected chi connectivity index (χ1v) is 11.5. The van der Waals surface area contributed by atoms with Gasteiger partial charge in [0.05, 0.1) is 5.56 Å². The van der Waals surface area contributed by atoms with E-state index in [1.54, 1.807) is 36.4 Å². The summed E-state index contributed by atoms with van der Waals surface area (Å²) < 4.78 is 47.8. The third kappa shape index (κ3) is 6.59. The summed E-state index contributed by atoms with van der Waals surface area (Å²) >= 11 is 18.3. The number of hydrogen-bond donors (Lipinski definition) is 1. The lowest BCUT2D eigenvalue weighted by Crippen LogP contribution is -2.27. The smallest absolute Gasteiger partial charge is 0.419 e. The van der Waals surface area contributed by atoms with Gasteiger partial charge in [-0.2, -0.15) is 13.2 Å². The van der Waals surface area contributed by atoms with Gasteiger partial charge in [0.1, 0.15) is 5.75 Å². The molecular weight excluding hydrogens is 510 g/mol. The molecule has 0 saturated heterocycles. The van der Waals surface area contributed by atoms with Crippen LogP contribution in [0.4, 0.5) is 13.2 Å². The Kier molecular flexibility index (Phi) is 8.39. The molecule has 3 nitrogen and oxygen atoms in total. The zero-order chi connectivity index (χ0) is 25.0. The minimum absolute atomic E-state index is 0.118. The van der Waals surface area contributed by atoms with E-state index in [9.17, 15) is 18.0 Å². The first-order chi connectivity index (χ1) is 16.0. The summed E-state index contributed by atoms with van der Waals surface area (Å²) in [5, 5.41) is 3.67. The van der Waals surface area contributed by atoms with Crippen molar-refractivity contribution in [3.63, 3.8) is 0 Å². The largest absolute Gasteiger partial charge is 0.480 e. The van der Waals surface area contributed by atoms with Crippen LogP contribution in [0, 0.1) is 5.92 Å². The second-order valence-corrected chi connectivity index (χ2v) is 9.31. The molecule has 1 atom stereocenters. The second-order valence-electron chi connectivity index (χ2n) is 8.03. The lowest BCUT2D eigenvalue weighted by Gasteiger charge is -2.24. The van der Waals surface area contributed by atoms with Crippen LogP contribution in [0.15, 0.2) is 60.7 Å². The van der Waals surface area contributed by atoms with E-state index in [2.05, 4.69) is 5.32 Å². The molecule has 0 saturated carbocycles. The zero-order valence-electron chi connectivity index (χ0n) is 18.2. The van der Waals surface area contributed by atoms with Gasteiger partial charge in [-0.1, -0.05) is 66.8 Å². The number of rotatable bonds is 7. The average Bonchev–Trinajstić information content (AvgIpc) is 2.76. The van der Waals surface area contributed by atoms with Gasteiger partial charge in [0, 0.05) is 32.7 Å². The van der Waals surface area contributed by atoms with Crippen molar-refractivity contribution in [2.75, 3.05) is 6.54 Å². The molecule has 1 amide bonds. The molecule has 1 N–H and O–H groups in total. The maximum absolute atomic E-state index is 14.0. The molecule has 1 unspecified atom stereocenters. The van der Waals surface area contributed by atoms with Gasteiger partial charge in [0.25, 0.3) is 5.91 Å². The summed E-state index contributed by atoms with van der Waals surface area (Å²) in [6.07, 6.45) is -5.76. The van der Waals surface area contributed by atoms with Gasteiger partial charge in [-0.15, -0.1) is 0 Å². The number of alkyl halides is 3. The van der Waals surface area contributed by atoms with E-state index in [0.717, 1.165) is 12.1 Å². The molecule has 34 heavy (non-hydrogen) atoms. The topological polar surface area (TPSA) is 38.3 Å². The molecule has 0 aliphatic carbocycles. The summed E-state index contributed by atoms with van der Waals surface area (Å²) in [5.74, 6) is -0.891. The monoisotopic (exact) mass is 529 g/mol. The molecule has 9 heteroatoms. The van der Waals surface area contributed by atoms with Gasteiger partial charge < -0.3 is 10.1 Å². The van der Waals surface area contributed by atoms with Crippen molar-refractivity contribution in [1.29, 1.82) is 0 Å². The fourth-order valence-electron chi connectivity index (χ4n) is 3.18. The molecule has 0 aliphatic rings. The Morgan fingerprint density at radius 1 is 0.941 bits per heavy atom. The fourth-order valence-corrected chi connectivity index (χ4v) is 3.82. The lowest BCUT2D eigenvalue weighted by molar-refractivity contribution is -0.139. The molecule has 3 rings (SSSR count). The Hall–Kier alpha value is -2.41. The van der Waals surface area contributed by atoms with Crippen molar-refractivity contribution in [3.05, 3.63) is 98.0 Å². The van der Waals surface area contributed by atoms with E-state index in [4.69, 9.17) is 39.5 Å². The Bertz CT molecular complexity index is 1170. The zero-order valence-corrected chi connectivity index (χ0v) is 20.5. The number of halogens is 6. The summed E-state index contributed by atoms with van der Waals surface area (Å²) in [5.41, 5.74) is -0.248. The Morgan fingerprint density at radius 3 is 2.18 bits per heavy atom. The molecule has 3 aromatic carbocycles. The fraction of sp³-hybridized carbons (Fsp3) is 0.240. The molecule has 0 bridgehead atoms. The van der Waals surface area contributed by atoms with E-state index >= 15 is 0 Å². The van der Waals surface area contributed by atoms with Crippen LogP contribution in [0.2, 0.25) is 15.1 Å². The highest BCUT2D eigenvalue weighted by Crippen LogP contribution is 2.41. The number of benzene rings is 3. The molecule has 0 heterocycles. The minimum Gasteiger partial charge on any atom is -0.480 e. The quantitative estimate of drug-likeness (QED) is 0.334. The van der Waals surface area contributed by atoms with E-state index in [1.165, 1.54) is 12.1 Å². The van der Waals surface area contributed by atoms with Gasteiger partial charge in [0.15, 0.2) is 6.10 Å². The Balaban J connectivity index is 2.06. The van der Waals surface area contributed by atoms with Crippen LogP contribution >= 0.6 is 34.8 Å². The SMILES string of the molecule is CC(C)CNC(=O)c1ccc(OC(c2ccc(Cl)cc2)c2ccc(Cl)cc2Cl)c(C(F)(F)F)c1. The number of nitrogens with one attached hydrogen (secondary N) is 1. The van der Waals surface area contributed by atoms with Crippen LogP contribution in [0.5, 0.6) is 5.75 Å². The first kappa shape index (κ1) is 26.2. The van der Waals surface area contributed by atoms with Crippen LogP contribution in [0.25, 0.3) is 0 Å². The number of amides is 1. The van der Waals surface area contributed by atoms with Gasteiger partial charge in [0.2, 0.25) is 0 Å². The lowest BCUT2D eigenvalue weighted by atomic mass is 10.0. The van der Waals surface area contributed by atoms with Crippen LogP contribution < -0.4 is 10.1 Å². The molecule has 3 aromatic rings. The van der Waals surface area contributed by atoms with Crippen molar-refractivity contribution in [3.8, 4) is 5.75 Å². The predicted molar refractivity (Wildman–Crippen MR) is 129 cm³/mol. The van der Waals surface area contributed by atoms with Crippen molar-refractivity contribution >= 4 is 40.7 Å². The summed E-state index contributed by atoms with van der Waals surface area (Å²) in [6.45, 7) is 4.11. The van der Waals surface area contributed by atoms with Gasteiger partial charge in [-0.25, -0.2) is 0 Å². The van der Waals surface area contributed by atoms with E-state index in [-0.39, 0.29) is 16.5 Å². The van der Waals surface area contributed by atoms with Crippen LogP contribution in [-0.4, -0.2) is 12.5 Å². The van der Waals surface area contributed by atoms with Gasteiger partial charge >= 0.3 is 6.18 Å². The van der Waals surface area contributed by atoms with Gasteiger partial charge in [-0.3, -0.25) is 4.79 Å². The minimum atomic E-state index is -4.77. The third-order valence-corrected chi connectivity index (χ3v) is 5.69. The first-order valence-electron chi connectivity index (χ1n) is 10.3. The Morgan fingerprint density at radius 2 is 1.59 bits per heavy atom. The van der Waals surface area contributed by atoms with Crippen LogP contribution in [0.1, 0.15) is 47.0 Å². The predicted octanol–water partition coefficient (Wildman–Crippen LogP) is 8.22. The second kappa shape index (κ2) is 10.9. The highest BCUT2D eigenvalue weighted by atomic mass is 35.5. The standard InChI is InChI=1S/C25H21Cl3F3NO2/c1-14(2)13-32-24(33)16-5-10-22(20(11-16)25(29,30)31)34-23(15-3-6-17(26)7-4-15)19-9-8-18(27)12-21(19)28/h3-12,14,23H,13H2,1-2H3,(H,32,33). The van der Waals surface area contributed by atoms with E-state index < -0.39 is 29.5 Å². The van der Waals surface area contributed by atoms with E-state index in [0.29, 0.717) is 27.7 Å². The molecule has 0 aliphatic heterocycles.